The van der Waals surface area contributed by atoms with Crippen LogP contribution in [0, 0.1) is 6.92 Å². The zero-order chi connectivity index (χ0) is 7.84. The van der Waals surface area contributed by atoms with Crippen LogP contribution in [0.25, 0.3) is 10.9 Å². The SMILES string of the molecule is Cc1cc(Br)c2cc[nH]c2c1. The van der Waals surface area contributed by atoms with Crippen LogP contribution in [-0.4, -0.2) is 4.98 Å². The number of H-pyrrole nitrogens is 1. The van der Waals surface area contributed by atoms with Crippen molar-refractivity contribution < 1.29 is 0 Å². The first kappa shape index (κ1) is 6.92. The maximum absolute atomic E-state index is 3.51. The molecule has 0 radical (unpaired) electrons. The molecule has 1 heterocycles. The average molecular weight is 210 g/mol. The Morgan fingerprint density at radius 2 is 2.18 bits per heavy atom. The number of benzene rings is 1. The van der Waals surface area contributed by atoms with Crippen LogP contribution >= 0.6 is 15.9 Å². The van der Waals surface area contributed by atoms with Gasteiger partial charge >= 0.3 is 0 Å². The quantitative estimate of drug-likeness (QED) is 0.686. The van der Waals surface area contributed by atoms with Crippen molar-refractivity contribution in [1.82, 2.24) is 4.98 Å². The number of aromatic amines is 1. The topological polar surface area (TPSA) is 15.8 Å². The van der Waals surface area contributed by atoms with Gasteiger partial charge in [0.1, 0.15) is 0 Å². The van der Waals surface area contributed by atoms with Gasteiger partial charge in [0.25, 0.3) is 0 Å². The van der Waals surface area contributed by atoms with E-state index in [9.17, 15) is 0 Å². The molecule has 0 bridgehead atoms. The summed E-state index contributed by atoms with van der Waals surface area (Å²) in [7, 11) is 0. The van der Waals surface area contributed by atoms with E-state index in [0.717, 1.165) is 4.47 Å². The van der Waals surface area contributed by atoms with E-state index in [1.807, 2.05) is 6.20 Å². The molecule has 0 amide bonds. The van der Waals surface area contributed by atoms with Gasteiger partial charge in [0.2, 0.25) is 0 Å². The molecule has 1 N–H and O–H groups in total. The van der Waals surface area contributed by atoms with Gasteiger partial charge in [-0.2, -0.15) is 0 Å². The largest absolute Gasteiger partial charge is 0.361 e. The van der Waals surface area contributed by atoms with E-state index >= 15 is 0 Å². The number of nitrogens with one attached hydrogen (secondary N) is 1. The first-order chi connectivity index (χ1) is 5.27. The molecule has 0 saturated heterocycles. The third-order valence-electron chi connectivity index (χ3n) is 1.76. The number of hydrogen-bond donors (Lipinski definition) is 1. The number of aryl methyl sites for hydroxylation is 1. The molecule has 0 saturated carbocycles. The number of fused-ring (bicyclic) bond motifs is 1. The van der Waals surface area contributed by atoms with E-state index in [1.165, 1.54) is 16.5 Å². The minimum atomic E-state index is 1.16. The molecular formula is C9H8BrN. The van der Waals surface area contributed by atoms with Crippen molar-refractivity contribution in [3.05, 3.63) is 34.4 Å². The highest BCUT2D eigenvalue weighted by molar-refractivity contribution is 9.10. The molecule has 0 unspecified atom stereocenters. The molecule has 0 fully saturated rings. The van der Waals surface area contributed by atoms with E-state index in [0.29, 0.717) is 0 Å². The van der Waals surface area contributed by atoms with Gasteiger partial charge in [-0.1, -0.05) is 15.9 Å². The fourth-order valence-electron chi connectivity index (χ4n) is 1.26. The predicted molar refractivity (Wildman–Crippen MR) is 50.7 cm³/mol. The second kappa shape index (κ2) is 2.38. The highest BCUT2D eigenvalue weighted by atomic mass is 79.9. The molecule has 1 aromatic carbocycles. The minimum absolute atomic E-state index is 1.16. The van der Waals surface area contributed by atoms with Crippen molar-refractivity contribution >= 4 is 26.8 Å². The summed E-state index contributed by atoms with van der Waals surface area (Å²) in [6.45, 7) is 2.09. The first-order valence-corrected chi connectivity index (χ1v) is 4.30. The summed E-state index contributed by atoms with van der Waals surface area (Å²) in [5.41, 5.74) is 2.46. The summed E-state index contributed by atoms with van der Waals surface area (Å²) in [6.07, 6.45) is 1.95. The Kier molecular flexibility index (Phi) is 1.50. The lowest BCUT2D eigenvalue weighted by Crippen LogP contribution is -1.74. The maximum Gasteiger partial charge on any atom is 0.0468 e. The van der Waals surface area contributed by atoms with Crippen LogP contribution in [0.15, 0.2) is 28.9 Å². The van der Waals surface area contributed by atoms with Gasteiger partial charge in [0.05, 0.1) is 0 Å². The summed E-state index contributed by atoms with van der Waals surface area (Å²) in [4.78, 5) is 3.17. The van der Waals surface area contributed by atoms with Crippen molar-refractivity contribution in [1.29, 1.82) is 0 Å². The zero-order valence-electron chi connectivity index (χ0n) is 6.19. The third-order valence-corrected chi connectivity index (χ3v) is 2.42. The summed E-state index contributed by atoms with van der Waals surface area (Å²) in [5, 5.41) is 1.25. The second-order valence-corrected chi connectivity index (χ2v) is 3.54. The van der Waals surface area contributed by atoms with E-state index < -0.39 is 0 Å². The van der Waals surface area contributed by atoms with Crippen LogP contribution in [0.1, 0.15) is 5.56 Å². The van der Waals surface area contributed by atoms with Crippen molar-refractivity contribution in [2.45, 2.75) is 6.92 Å². The summed E-state index contributed by atoms with van der Waals surface area (Å²) < 4.78 is 1.16. The molecular weight excluding hydrogens is 202 g/mol. The Balaban J connectivity index is 2.91. The number of halogens is 1. The molecule has 1 aromatic heterocycles. The second-order valence-electron chi connectivity index (χ2n) is 2.69. The summed E-state index contributed by atoms with van der Waals surface area (Å²) >= 11 is 3.51. The van der Waals surface area contributed by atoms with Crippen LogP contribution in [0.4, 0.5) is 0 Å². The van der Waals surface area contributed by atoms with Crippen molar-refractivity contribution in [2.24, 2.45) is 0 Å². The molecule has 0 aliphatic carbocycles. The van der Waals surface area contributed by atoms with Gasteiger partial charge in [0.15, 0.2) is 0 Å². The first-order valence-electron chi connectivity index (χ1n) is 3.50. The van der Waals surface area contributed by atoms with Crippen LogP contribution in [0.2, 0.25) is 0 Å². The average Bonchev–Trinajstić information content (AvgIpc) is 2.34. The van der Waals surface area contributed by atoms with E-state index in [4.69, 9.17) is 0 Å². The highest BCUT2D eigenvalue weighted by Crippen LogP contribution is 2.24. The van der Waals surface area contributed by atoms with E-state index in [-0.39, 0.29) is 0 Å². The zero-order valence-corrected chi connectivity index (χ0v) is 7.77. The Bertz CT molecular complexity index is 389. The molecule has 0 spiro atoms. The van der Waals surface area contributed by atoms with Crippen LogP contribution in [0.5, 0.6) is 0 Å². The van der Waals surface area contributed by atoms with Gasteiger partial charge in [-0.3, -0.25) is 0 Å². The molecule has 0 aliphatic rings. The Hall–Kier alpha value is -0.760. The van der Waals surface area contributed by atoms with Crippen molar-refractivity contribution in [3.8, 4) is 0 Å². The Labute approximate surface area is 73.6 Å². The molecule has 1 nitrogen and oxygen atoms in total. The van der Waals surface area contributed by atoms with Gasteiger partial charge < -0.3 is 4.98 Å². The Morgan fingerprint density at radius 1 is 1.36 bits per heavy atom. The van der Waals surface area contributed by atoms with E-state index in [2.05, 4.69) is 46.0 Å². The van der Waals surface area contributed by atoms with Gasteiger partial charge in [-0.15, -0.1) is 0 Å². The molecule has 11 heavy (non-hydrogen) atoms. The fourth-order valence-corrected chi connectivity index (χ4v) is 1.96. The third kappa shape index (κ3) is 1.07. The molecule has 56 valence electrons. The molecule has 2 aromatic rings. The summed E-state index contributed by atoms with van der Waals surface area (Å²) in [6, 6.07) is 6.33. The number of hydrogen-bond acceptors (Lipinski definition) is 0. The number of aromatic nitrogens is 1. The molecule has 0 aliphatic heterocycles. The van der Waals surface area contributed by atoms with Crippen LogP contribution in [0.3, 0.4) is 0 Å². The maximum atomic E-state index is 3.51. The smallest absolute Gasteiger partial charge is 0.0468 e. The molecule has 2 heteroatoms. The normalized spacial score (nSPS) is 10.7. The van der Waals surface area contributed by atoms with E-state index in [1.54, 1.807) is 0 Å². The fraction of sp³-hybridized carbons (Fsp3) is 0.111. The van der Waals surface area contributed by atoms with Crippen LogP contribution < -0.4 is 0 Å². The minimum Gasteiger partial charge on any atom is -0.361 e. The van der Waals surface area contributed by atoms with Crippen molar-refractivity contribution in [3.63, 3.8) is 0 Å². The summed E-state index contributed by atoms with van der Waals surface area (Å²) in [5.74, 6) is 0. The van der Waals surface area contributed by atoms with Crippen LogP contribution in [-0.2, 0) is 0 Å². The predicted octanol–water partition coefficient (Wildman–Crippen LogP) is 3.24. The number of rotatable bonds is 0. The molecule has 2 rings (SSSR count). The van der Waals surface area contributed by atoms with Crippen molar-refractivity contribution in [2.75, 3.05) is 0 Å². The lowest BCUT2D eigenvalue weighted by Gasteiger charge is -1.96. The van der Waals surface area contributed by atoms with Gasteiger partial charge in [-0.25, -0.2) is 0 Å². The monoisotopic (exact) mass is 209 g/mol. The Morgan fingerprint density at radius 3 is 3.00 bits per heavy atom. The lowest BCUT2D eigenvalue weighted by molar-refractivity contribution is 1.43. The molecule has 0 atom stereocenters. The van der Waals surface area contributed by atoms with Gasteiger partial charge in [-0.05, 0) is 30.7 Å². The standard InChI is InChI=1S/C9H8BrN/c1-6-4-8(10)7-2-3-11-9(7)5-6/h2-5,11H,1H3. The lowest BCUT2D eigenvalue weighted by atomic mass is 10.2. The van der Waals surface area contributed by atoms with Gasteiger partial charge in [0, 0.05) is 21.6 Å². The highest BCUT2D eigenvalue weighted by Gasteiger charge is 1.98.